The number of phenols is 2. The van der Waals surface area contributed by atoms with Gasteiger partial charge in [0.1, 0.15) is 11.5 Å². The molecule has 6 nitrogen and oxygen atoms in total. The van der Waals surface area contributed by atoms with Crippen LogP contribution in [0.1, 0.15) is 0 Å². The van der Waals surface area contributed by atoms with Crippen LogP contribution in [0.15, 0.2) is 19.6 Å². The van der Waals surface area contributed by atoms with Crippen molar-refractivity contribution >= 4 is 47.0 Å². The Morgan fingerprint density at radius 2 is 0.667 bits per heavy atom. The number of aromatic hydroxyl groups is 2. The highest BCUT2D eigenvalue weighted by molar-refractivity contribution is 8.03. The third kappa shape index (κ3) is 6.10. The zero-order chi connectivity index (χ0) is 17.9. The smallest absolute Gasteiger partial charge is 0.145 e. The minimum absolute atomic E-state index is 0.00872. The zero-order valence-corrected chi connectivity index (χ0v) is 16.2. The van der Waals surface area contributed by atoms with Crippen molar-refractivity contribution in [1.29, 1.82) is 0 Å². The topological polar surface area (TPSA) is 121 Å². The lowest BCUT2D eigenvalue weighted by atomic mass is 10.3. The Morgan fingerprint density at radius 3 is 0.833 bits per heavy atom. The van der Waals surface area contributed by atoms with E-state index in [1.54, 1.807) is 0 Å². The van der Waals surface area contributed by atoms with E-state index in [4.69, 9.17) is 20.4 Å². The summed E-state index contributed by atoms with van der Waals surface area (Å²) in [6, 6.07) is 0. The molecule has 0 saturated heterocycles. The summed E-state index contributed by atoms with van der Waals surface area (Å²) >= 11 is 4.89. The molecule has 1 aromatic carbocycles. The molecule has 0 amide bonds. The summed E-state index contributed by atoms with van der Waals surface area (Å²) in [5.74, 6) is 1.40. The van der Waals surface area contributed by atoms with Crippen molar-refractivity contribution in [3.8, 4) is 11.5 Å². The predicted molar refractivity (Wildman–Crippen MR) is 101 cm³/mol. The van der Waals surface area contributed by atoms with Gasteiger partial charge in [-0.15, -0.1) is 47.0 Å². The number of phenolic OH excluding ortho intramolecular Hbond substituents is 2. The summed E-state index contributed by atoms with van der Waals surface area (Å²) in [5, 5.41) is 57.5. The van der Waals surface area contributed by atoms with Gasteiger partial charge in [0.05, 0.1) is 46.0 Å². The third-order valence-electron chi connectivity index (χ3n) is 2.62. The van der Waals surface area contributed by atoms with Crippen molar-refractivity contribution in [3.63, 3.8) is 0 Å². The van der Waals surface area contributed by atoms with Crippen LogP contribution < -0.4 is 0 Å². The Labute approximate surface area is 158 Å². The molecule has 0 aliphatic heterocycles. The minimum Gasteiger partial charge on any atom is -0.506 e. The van der Waals surface area contributed by atoms with Crippen molar-refractivity contribution in [2.45, 2.75) is 19.6 Å². The minimum atomic E-state index is -0.0743. The maximum absolute atomic E-state index is 10.7. The van der Waals surface area contributed by atoms with E-state index >= 15 is 0 Å². The molecule has 0 saturated carbocycles. The number of aliphatic hydroxyl groups excluding tert-OH is 4. The van der Waals surface area contributed by atoms with E-state index in [2.05, 4.69) is 0 Å². The lowest BCUT2D eigenvalue weighted by Gasteiger charge is -2.19. The fourth-order valence-corrected chi connectivity index (χ4v) is 5.65. The average Bonchev–Trinajstić information content (AvgIpc) is 2.59. The van der Waals surface area contributed by atoms with Gasteiger partial charge in [-0.3, -0.25) is 0 Å². The van der Waals surface area contributed by atoms with E-state index in [0.717, 1.165) is 0 Å². The second-order valence-corrected chi connectivity index (χ2v) is 8.72. The van der Waals surface area contributed by atoms with Crippen molar-refractivity contribution < 1.29 is 30.6 Å². The Balaban J connectivity index is 3.39. The van der Waals surface area contributed by atoms with Crippen LogP contribution in [0.2, 0.25) is 0 Å². The molecule has 0 aliphatic rings. The van der Waals surface area contributed by atoms with Crippen LogP contribution in [-0.2, 0) is 0 Å². The van der Waals surface area contributed by atoms with Gasteiger partial charge >= 0.3 is 0 Å². The van der Waals surface area contributed by atoms with Crippen LogP contribution >= 0.6 is 47.0 Å². The van der Waals surface area contributed by atoms with Gasteiger partial charge < -0.3 is 30.6 Å². The molecule has 1 rings (SSSR count). The summed E-state index contributed by atoms with van der Waals surface area (Å²) in [6.45, 7) is -0.297. The van der Waals surface area contributed by atoms with Crippen LogP contribution in [-0.4, -0.2) is 80.1 Å². The average molecular weight is 415 g/mol. The molecule has 0 heterocycles. The van der Waals surface area contributed by atoms with Crippen molar-refractivity contribution in [2.24, 2.45) is 0 Å². The third-order valence-corrected chi connectivity index (χ3v) is 7.17. The number of hydrogen-bond donors (Lipinski definition) is 6. The van der Waals surface area contributed by atoms with Gasteiger partial charge in [0.2, 0.25) is 0 Å². The normalized spacial score (nSPS) is 11.2. The van der Waals surface area contributed by atoms with E-state index in [1.807, 2.05) is 0 Å². The van der Waals surface area contributed by atoms with E-state index in [1.165, 1.54) is 47.0 Å². The summed E-state index contributed by atoms with van der Waals surface area (Å²) in [4.78, 5) is 1.81. The number of aliphatic hydroxyl groups is 4. The van der Waals surface area contributed by atoms with E-state index < -0.39 is 0 Å². The SMILES string of the molecule is OCCSc1c(O)c(SCCO)c(SCCO)c(O)c1SCCO. The second kappa shape index (κ2) is 12.4. The fraction of sp³-hybridized carbons (Fsp3) is 0.571. The highest BCUT2D eigenvalue weighted by Crippen LogP contribution is 2.53. The molecular weight excluding hydrogens is 392 g/mol. The monoisotopic (exact) mass is 414 g/mol. The first-order chi connectivity index (χ1) is 11.6. The van der Waals surface area contributed by atoms with Gasteiger partial charge in [0.25, 0.3) is 0 Å². The van der Waals surface area contributed by atoms with Crippen LogP contribution in [0.3, 0.4) is 0 Å². The zero-order valence-electron chi connectivity index (χ0n) is 13.0. The first-order valence-corrected chi connectivity index (χ1v) is 11.1. The standard InChI is InChI=1S/C14H22O6S4/c15-1-5-21-11-9(19)13(23-7-3-17)14(24-8-4-18)10(20)12(11)22-6-2-16/h15-20H,1-8H2. The molecule has 1 aromatic rings. The highest BCUT2D eigenvalue weighted by Gasteiger charge is 2.24. The van der Waals surface area contributed by atoms with Crippen LogP contribution in [0.5, 0.6) is 11.5 Å². The van der Waals surface area contributed by atoms with Gasteiger partial charge in [0.15, 0.2) is 0 Å². The summed E-state index contributed by atoms with van der Waals surface area (Å²) in [6.07, 6.45) is 0. The second-order valence-electron chi connectivity index (χ2n) is 4.30. The molecule has 10 heteroatoms. The van der Waals surface area contributed by atoms with E-state index in [-0.39, 0.29) is 37.9 Å². The molecule has 0 aromatic heterocycles. The molecule has 0 bridgehead atoms. The number of hydrogen-bond acceptors (Lipinski definition) is 10. The summed E-state index contributed by atoms with van der Waals surface area (Å²) < 4.78 is 0. The fourth-order valence-electron chi connectivity index (χ4n) is 1.76. The maximum atomic E-state index is 10.7. The molecule has 0 spiro atoms. The molecule has 24 heavy (non-hydrogen) atoms. The van der Waals surface area contributed by atoms with Gasteiger partial charge in [-0.2, -0.15) is 0 Å². The Morgan fingerprint density at radius 1 is 0.458 bits per heavy atom. The molecule has 0 atom stereocenters. The maximum Gasteiger partial charge on any atom is 0.145 e. The molecule has 0 fully saturated rings. The van der Waals surface area contributed by atoms with E-state index in [0.29, 0.717) is 42.6 Å². The van der Waals surface area contributed by atoms with E-state index in [9.17, 15) is 10.2 Å². The van der Waals surface area contributed by atoms with Crippen molar-refractivity contribution in [3.05, 3.63) is 0 Å². The Hall–Kier alpha value is 0.0600. The van der Waals surface area contributed by atoms with Gasteiger partial charge in [-0.1, -0.05) is 0 Å². The molecule has 0 unspecified atom stereocenters. The molecule has 0 radical (unpaired) electrons. The Bertz CT molecular complexity index is 429. The Kier molecular flexibility index (Phi) is 11.4. The molecular formula is C14H22O6S4. The lowest BCUT2D eigenvalue weighted by Crippen LogP contribution is -1.97. The number of thioether (sulfide) groups is 4. The first kappa shape index (κ1) is 22.1. The molecule has 0 aliphatic carbocycles. The quantitative estimate of drug-likeness (QED) is 0.221. The van der Waals surface area contributed by atoms with Crippen LogP contribution in [0, 0.1) is 0 Å². The molecule has 138 valence electrons. The summed E-state index contributed by atoms with van der Waals surface area (Å²) in [7, 11) is 0. The van der Waals surface area contributed by atoms with Crippen LogP contribution in [0.25, 0.3) is 0 Å². The predicted octanol–water partition coefficient (Wildman–Crippen LogP) is 1.44. The molecule has 6 N–H and O–H groups in total. The lowest BCUT2D eigenvalue weighted by molar-refractivity contribution is 0.321. The number of rotatable bonds is 12. The van der Waals surface area contributed by atoms with Gasteiger partial charge in [0, 0.05) is 23.0 Å². The highest BCUT2D eigenvalue weighted by atomic mass is 32.2. The van der Waals surface area contributed by atoms with Crippen molar-refractivity contribution in [1.82, 2.24) is 0 Å². The first-order valence-electron chi connectivity index (χ1n) is 7.18. The van der Waals surface area contributed by atoms with Crippen molar-refractivity contribution in [2.75, 3.05) is 49.4 Å². The van der Waals surface area contributed by atoms with Gasteiger partial charge in [-0.25, -0.2) is 0 Å². The van der Waals surface area contributed by atoms with Gasteiger partial charge in [-0.05, 0) is 0 Å². The largest absolute Gasteiger partial charge is 0.506 e. The van der Waals surface area contributed by atoms with Crippen LogP contribution in [0.4, 0.5) is 0 Å². The summed E-state index contributed by atoms with van der Waals surface area (Å²) in [5.41, 5.74) is 0. The number of benzene rings is 1.